The number of hydrogen-bond acceptors (Lipinski definition) is 2. The van der Waals surface area contributed by atoms with Crippen LogP contribution in [0.25, 0.3) is 66.8 Å². The molecule has 0 aliphatic rings. The Morgan fingerprint density at radius 3 is 1.29 bits per heavy atom. The summed E-state index contributed by atoms with van der Waals surface area (Å²) in [6.45, 7) is 0. The van der Waals surface area contributed by atoms with E-state index in [1.165, 1.54) is 21.9 Å². The summed E-state index contributed by atoms with van der Waals surface area (Å²) in [5, 5.41) is 2.37. The fourth-order valence-corrected chi connectivity index (χ4v) is 6.24. The summed E-state index contributed by atoms with van der Waals surface area (Å²) in [5.41, 5.74) is 11.3. The average molecular weight is 539 g/mol. The SMILES string of the molecule is c1ccc(-c2c(-c3c(-c4ccccc4)n(-c4cncnc4)c4ccccc34)c3ccccc3n2-c2ccccc2)cc1. The molecule has 3 aromatic heterocycles. The van der Waals surface area contributed by atoms with Gasteiger partial charge in [0, 0.05) is 27.6 Å². The van der Waals surface area contributed by atoms with Gasteiger partial charge in [-0.2, -0.15) is 0 Å². The monoisotopic (exact) mass is 538 g/mol. The molecule has 4 heteroatoms. The zero-order chi connectivity index (χ0) is 27.9. The van der Waals surface area contributed by atoms with Gasteiger partial charge in [-0.15, -0.1) is 0 Å². The van der Waals surface area contributed by atoms with Crippen molar-refractivity contribution >= 4 is 21.8 Å². The standard InChI is InChI=1S/C38H26N4/c1-4-14-27(15-5-1)37-35(31-20-10-12-22-33(31)41(37)29-18-8-3-9-19-29)36-32-21-11-13-23-34(32)42(30-24-39-26-40-25-30)38(36)28-16-6-2-7-17-28/h1-26H. The van der Waals surface area contributed by atoms with Crippen molar-refractivity contribution in [3.8, 4) is 45.0 Å². The molecule has 0 aliphatic heterocycles. The molecule has 0 atom stereocenters. The molecule has 198 valence electrons. The minimum Gasteiger partial charge on any atom is -0.309 e. The number of rotatable bonds is 5. The maximum absolute atomic E-state index is 4.41. The van der Waals surface area contributed by atoms with E-state index in [1.807, 2.05) is 12.4 Å². The lowest BCUT2D eigenvalue weighted by Gasteiger charge is -2.15. The molecule has 0 bridgehead atoms. The summed E-state index contributed by atoms with van der Waals surface area (Å²) in [4.78, 5) is 8.81. The van der Waals surface area contributed by atoms with Crippen LogP contribution in [0, 0.1) is 0 Å². The second-order valence-corrected chi connectivity index (χ2v) is 10.3. The van der Waals surface area contributed by atoms with Gasteiger partial charge in [-0.1, -0.05) is 115 Å². The fourth-order valence-electron chi connectivity index (χ4n) is 6.24. The maximum Gasteiger partial charge on any atom is 0.115 e. The molecule has 0 unspecified atom stereocenters. The van der Waals surface area contributed by atoms with Crippen molar-refractivity contribution in [3.05, 3.63) is 158 Å². The Balaban J connectivity index is 1.62. The minimum absolute atomic E-state index is 0.923. The Morgan fingerprint density at radius 1 is 0.381 bits per heavy atom. The lowest BCUT2D eigenvalue weighted by molar-refractivity contribution is 1.05. The molecule has 3 heterocycles. The molecule has 0 fully saturated rings. The second kappa shape index (κ2) is 10.0. The van der Waals surface area contributed by atoms with Crippen molar-refractivity contribution in [2.24, 2.45) is 0 Å². The number of fused-ring (bicyclic) bond motifs is 2. The molecule has 4 nitrogen and oxygen atoms in total. The van der Waals surface area contributed by atoms with Crippen molar-refractivity contribution in [1.82, 2.24) is 19.1 Å². The lowest BCUT2D eigenvalue weighted by Crippen LogP contribution is -1.99. The first-order chi connectivity index (χ1) is 20.9. The molecule has 8 aromatic rings. The van der Waals surface area contributed by atoms with Crippen LogP contribution in [0.4, 0.5) is 0 Å². The number of benzene rings is 5. The van der Waals surface area contributed by atoms with Crippen molar-refractivity contribution in [2.75, 3.05) is 0 Å². The van der Waals surface area contributed by atoms with E-state index in [4.69, 9.17) is 0 Å². The van der Waals surface area contributed by atoms with Gasteiger partial charge in [-0.3, -0.25) is 0 Å². The van der Waals surface area contributed by atoms with Gasteiger partial charge in [0.15, 0.2) is 0 Å². The average Bonchev–Trinajstić information content (AvgIpc) is 3.59. The summed E-state index contributed by atoms with van der Waals surface area (Å²) in [6.07, 6.45) is 5.36. The van der Waals surface area contributed by atoms with Crippen LogP contribution >= 0.6 is 0 Å². The molecule has 0 saturated carbocycles. The minimum atomic E-state index is 0.923. The number of para-hydroxylation sites is 3. The lowest BCUT2D eigenvalue weighted by atomic mass is 9.93. The molecule has 8 rings (SSSR count). The smallest absolute Gasteiger partial charge is 0.115 e. The summed E-state index contributed by atoms with van der Waals surface area (Å²) >= 11 is 0. The van der Waals surface area contributed by atoms with E-state index in [-0.39, 0.29) is 0 Å². The van der Waals surface area contributed by atoms with Crippen molar-refractivity contribution < 1.29 is 0 Å². The van der Waals surface area contributed by atoms with Crippen molar-refractivity contribution in [3.63, 3.8) is 0 Å². The Labute approximate surface area is 243 Å². The van der Waals surface area contributed by atoms with Gasteiger partial charge in [-0.25, -0.2) is 9.97 Å². The molecule has 5 aromatic carbocycles. The Hall–Kier alpha value is -5.74. The van der Waals surface area contributed by atoms with Crippen LogP contribution in [0.5, 0.6) is 0 Å². The summed E-state index contributed by atoms with van der Waals surface area (Å²) in [5.74, 6) is 0. The molecule has 0 amide bonds. The maximum atomic E-state index is 4.41. The first kappa shape index (κ1) is 24.1. The summed E-state index contributed by atoms with van der Waals surface area (Å²) in [6, 6.07) is 49.5. The van der Waals surface area contributed by atoms with Gasteiger partial charge >= 0.3 is 0 Å². The first-order valence-electron chi connectivity index (χ1n) is 14.1. The zero-order valence-electron chi connectivity index (χ0n) is 22.8. The predicted octanol–water partition coefficient (Wildman–Crippen LogP) is 9.37. The van der Waals surface area contributed by atoms with E-state index in [9.17, 15) is 0 Å². The summed E-state index contributed by atoms with van der Waals surface area (Å²) in [7, 11) is 0. The first-order valence-corrected chi connectivity index (χ1v) is 14.1. The van der Waals surface area contributed by atoms with Crippen LogP contribution in [0.1, 0.15) is 0 Å². The van der Waals surface area contributed by atoms with Crippen molar-refractivity contribution in [2.45, 2.75) is 0 Å². The van der Waals surface area contributed by atoms with Gasteiger partial charge in [0.25, 0.3) is 0 Å². The van der Waals surface area contributed by atoms with Crippen LogP contribution < -0.4 is 0 Å². The van der Waals surface area contributed by atoms with E-state index >= 15 is 0 Å². The second-order valence-electron chi connectivity index (χ2n) is 10.3. The quantitative estimate of drug-likeness (QED) is 0.219. The Morgan fingerprint density at radius 2 is 0.786 bits per heavy atom. The topological polar surface area (TPSA) is 35.6 Å². The van der Waals surface area contributed by atoms with E-state index < -0.39 is 0 Å². The molecule has 0 radical (unpaired) electrons. The molecular weight excluding hydrogens is 512 g/mol. The zero-order valence-corrected chi connectivity index (χ0v) is 22.8. The largest absolute Gasteiger partial charge is 0.309 e. The van der Waals surface area contributed by atoms with Crippen LogP contribution in [-0.2, 0) is 0 Å². The third kappa shape index (κ3) is 3.77. The number of nitrogens with zero attached hydrogens (tertiary/aromatic N) is 4. The van der Waals surface area contributed by atoms with Gasteiger partial charge < -0.3 is 9.13 Å². The Kier molecular flexibility index (Phi) is 5.75. The van der Waals surface area contributed by atoms with Gasteiger partial charge in [0.05, 0.1) is 40.5 Å². The van der Waals surface area contributed by atoms with Crippen LogP contribution in [-0.4, -0.2) is 19.1 Å². The predicted molar refractivity (Wildman–Crippen MR) is 172 cm³/mol. The summed E-state index contributed by atoms with van der Waals surface area (Å²) < 4.78 is 4.72. The number of aromatic nitrogens is 4. The molecule has 42 heavy (non-hydrogen) atoms. The highest BCUT2D eigenvalue weighted by molar-refractivity contribution is 6.16. The van der Waals surface area contributed by atoms with Crippen LogP contribution in [0.15, 0.2) is 158 Å². The van der Waals surface area contributed by atoms with E-state index in [2.05, 4.69) is 159 Å². The normalized spacial score (nSPS) is 11.3. The highest BCUT2D eigenvalue weighted by Crippen LogP contribution is 2.50. The Bertz CT molecular complexity index is 2000. The number of hydrogen-bond donors (Lipinski definition) is 0. The van der Waals surface area contributed by atoms with E-state index in [0.717, 1.165) is 44.9 Å². The third-order valence-corrected chi connectivity index (χ3v) is 7.91. The molecule has 0 spiro atoms. The van der Waals surface area contributed by atoms with Gasteiger partial charge in [0.2, 0.25) is 0 Å². The highest BCUT2D eigenvalue weighted by Gasteiger charge is 2.28. The van der Waals surface area contributed by atoms with Crippen molar-refractivity contribution in [1.29, 1.82) is 0 Å². The highest BCUT2D eigenvalue weighted by atomic mass is 15.0. The van der Waals surface area contributed by atoms with Gasteiger partial charge in [0.1, 0.15) is 6.33 Å². The van der Waals surface area contributed by atoms with E-state index in [1.54, 1.807) is 6.33 Å². The molecule has 0 saturated heterocycles. The van der Waals surface area contributed by atoms with Crippen LogP contribution in [0.3, 0.4) is 0 Å². The molecule has 0 N–H and O–H groups in total. The van der Waals surface area contributed by atoms with E-state index in [0.29, 0.717) is 0 Å². The fraction of sp³-hybridized carbons (Fsp3) is 0. The third-order valence-electron chi connectivity index (χ3n) is 7.91. The van der Waals surface area contributed by atoms with Gasteiger partial charge in [-0.05, 0) is 35.4 Å². The van der Waals surface area contributed by atoms with Crippen LogP contribution in [0.2, 0.25) is 0 Å². The molecular formula is C38H26N4. The molecule has 0 aliphatic carbocycles.